The molecule has 0 bridgehead atoms. The van der Waals surface area contributed by atoms with E-state index in [1.807, 2.05) is 5.32 Å². The molecule has 206 valence electrons. The van der Waals surface area contributed by atoms with Gasteiger partial charge in [-0.05, 0) is 59.7 Å². The van der Waals surface area contributed by atoms with Crippen LogP contribution in [0.3, 0.4) is 0 Å². The Morgan fingerprint density at radius 3 is 2.35 bits per heavy atom. The number of hydrogen-bond donors (Lipinski definition) is 1. The second-order valence-corrected chi connectivity index (χ2v) is 8.65. The Morgan fingerprint density at radius 1 is 1.02 bits per heavy atom. The molecular formula is C26H17ClF3N3O7. The van der Waals surface area contributed by atoms with Gasteiger partial charge < -0.3 is 9.47 Å². The first kappa shape index (κ1) is 28.1. The van der Waals surface area contributed by atoms with Gasteiger partial charge in [0.25, 0.3) is 17.5 Å². The van der Waals surface area contributed by atoms with Crippen LogP contribution in [0, 0.1) is 10.1 Å². The zero-order chi connectivity index (χ0) is 29.2. The van der Waals surface area contributed by atoms with Crippen molar-refractivity contribution in [2.75, 3.05) is 12.0 Å². The van der Waals surface area contributed by atoms with Gasteiger partial charge in [-0.15, -0.1) is 0 Å². The average molecular weight is 576 g/mol. The van der Waals surface area contributed by atoms with Crippen LogP contribution in [0.15, 0.2) is 66.2 Å². The number of nitrogens with one attached hydrogen (secondary N) is 1. The lowest BCUT2D eigenvalue weighted by Crippen LogP contribution is -2.54. The Labute approximate surface area is 228 Å². The summed E-state index contributed by atoms with van der Waals surface area (Å²) in [6.07, 6.45) is -3.65. The quantitative estimate of drug-likeness (QED) is 0.170. The smallest absolute Gasteiger partial charge is 0.416 e. The van der Waals surface area contributed by atoms with Crippen molar-refractivity contribution in [3.05, 3.63) is 98.1 Å². The maximum absolute atomic E-state index is 13.2. The van der Waals surface area contributed by atoms with Crippen molar-refractivity contribution in [1.82, 2.24) is 5.32 Å². The number of urea groups is 1. The van der Waals surface area contributed by atoms with Crippen LogP contribution in [0.4, 0.5) is 29.3 Å². The summed E-state index contributed by atoms with van der Waals surface area (Å²) in [5.74, 6) is -1.77. The summed E-state index contributed by atoms with van der Waals surface area (Å²) < 4.78 is 50.7. The topological polar surface area (TPSA) is 128 Å². The second kappa shape index (κ2) is 11.1. The third kappa shape index (κ3) is 5.89. The van der Waals surface area contributed by atoms with E-state index >= 15 is 0 Å². The van der Waals surface area contributed by atoms with Crippen molar-refractivity contribution in [2.45, 2.75) is 12.8 Å². The molecule has 3 aromatic rings. The van der Waals surface area contributed by atoms with Crippen molar-refractivity contribution < 1.29 is 42.0 Å². The predicted octanol–water partition coefficient (Wildman–Crippen LogP) is 5.52. The van der Waals surface area contributed by atoms with Crippen LogP contribution < -0.4 is 19.7 Å². The fraction of sp³-hybridized carbons (Fsp3) is 0.115. The first-order valence-electron chi connectivity index (χ1n) is 11.2. The van der Waals surface area contributed by atoms with E-state index in [0.29, 0.717) is 22.6 Å². The molecule has 1 N–H and O–H groups in total. The molecule has 4 rings (SSSR count). The maximum atomic E-state index is 13.2. The summed E-state index contributed by atoms with van der Waals surface area (Å²) in [5, 5.41) is 12.4. The molecule has 0 atom stereocenters. The summed E-state index contributed by atoms with van der Waals surface area (Å²) in [7, 11) is 1.35. The fourth-order valence-electron chi connectivity index (χ4n) is 3.67. The van der Waals surface area contributed by atoms with E-state index in [1.54, 1.807) is 0 Å². The Balaban J connectivity index is 1.60. The molecule has 10 nitrogen and oxygen atoms in total. The number of ether oxygens (including phenoxy) is 2. The van der Waals surface area contributed by atoms with Gasteiger partial charge in [0.05, 0.1) is 28.3 Å². The minimum atomic E-state index is -4.78. The molecule has 1 aliphatic heterocycles. The maximum Gasteiger partial charge on any atom is 0.416 e. The van der Waals surface area contributed by atoms with E-state index in [2.05, 4.69) is 0 Å². The van der Waals surface area contributed by atoms with E-state index in [-0.39, 0.29) is 34.4 Å². The molecule has 0 saturated carbocycles. The summed E-state index contributed by atoms with van der Waals surface area (Å²) in [6, 6.07) is 11.0. The van der Waals surface area contributed by atoms with E-state index in [9.17, 15) is 37.7 Å². The van der Waals surface area contributed by atoms with E-state index in [4.69, 9.17) is 21.1 Å². The molecule has 0 radical (unpaired) electrons. The number of rotatable bonds is 7. The lowest BCUT2D eigenvalue weighted by atomic mass is 10.1. The standard InChI is InChI=1S/C26H17ClF3N3O7/c1-39-22-11-15(4-9-21(22)40-13-14-2-6-17(7-3-14)33(37)38)10-18-23(34)31-25(36)32(24(18)35)20-12-16(26(28,29)30)5-8-19(20)27/h2-12H,13H2,1H3,(H,31,34,36)/b18-10+. The number of nitro benzene ring substituents is 1. The minimum absolute atomic E-state index is 0.0461. The summed E-state index contributed by atoms with van der Waals surface area (Å²) >= 11 is 6.00. The lowest BCUT2D eigenvalue weighted by Gasteiger charge is -2.27. The monoisotopic (exact) mass is 575 g/mol. The number of imide groups is 2. The van der Waals surface area contributed by atoms with Gasteiger partial charge in [-0.2, -0.15) is 13.2 Å². The zero-order valence-electron chi connectivity index (χ0n) is 20.3. The fourth-order valence-corrected chi connectivity index (χ4v) is 3.87. The van der Waals surface area contributed by atoms with Crippen LogP contribution in [0.25, 0.3) is 6.08 Å². The number of amides is 4. The molecule has 0 aromatic heterocycles. The SMILES string of the molecule is COc1cc(/C=C2\C(=O)NC(=O)N(c3cc(C(F)(F)F)ccc3Cl)C2=O)ccc1OCc1ccc([N+](=O)[O-])cc1. The number of nitrogens with zero attached hydrogens (tertiary/aromatic N) is 2. The number of nitro groups is 1. The number of carbonyl (C=O) groups is 3. The number of alkyl halides is 3. The Kier molecular flexibility index (Phi) is 7.77. The van der Waals surface area contributed by atoms with Crippen LogP contribution in [-0.4, -0.2) is 29.9 Å². The van der Waals surface area contributed by atoms with E-state index in [0.717, 1.165) is 12.1 Å². The van der Waals surface area contributed by atoms with Crippen molar-refractivity contribution in [1.29, 1.82) is 0 Å². The number of non-ortho nitro benzene ring substituents is 1. The van der Waals surface area contributed by atoms with E-state index in [1.165, 1.54) is 49.6 Å². The molecule has 0 aliphatic carbocycles. The average Bonchev–Trinajstić information content (AvgIpc) is 2.90. The second-order valence-electron chi connectivity index (χ2n) is 8.24. The molecule has 1 heterocycles. The van der Waals surface area contributed by atoms with Gasteiger partial charge in [0.2, 0.25) is 0 Å². The molecule has 40 heavy (non-hydrogen) atoms. The van der Waals surface area contributed by atoms with Gasteiger partial charge >= 0.3 is 12.2 Å². The van der Waals surface area contributed by atoms with Crippen LogP contribution in [0.1, 0.15) is 16.7 Å². The van der Waals surface area contributed by atoms with Crippen LogP contribution in [-0.2, 0) is 22.4 Å². The van der Waals surface area contributed by atoms with Gasteiger partial charge in [0, 0.05) is 12.1 Å². The largest absolute Gasteiger partial charge is 0.493 e. The molecule has 14 heteroatoms. The van der Waals surface area contributed by atoms with Crippen LogP contribution in [0.5, 0.6) is 11.5 Å². The molecule has 0 spiro atoms. The van der Waals surface area contributed by atoms with Gasteiger partial charge in [0.15, 0.2) is 11.5 Å². The molecule has 0 unspecified atom stereocenters. The van der Waals surface area contributed by atoms with Crippen molar-refractivity contribution in [3.8, 4) is 11.5 Å². The van der Waals surface area contributed by atoms with Crippen LogP contribution >= 0.6 is 11.6 Å². The summed E-state index contributed by atoms with van der Waals surface area (Å²) in [4.78, 5) is 48.7. The number of halogens is 4. The highest BCUT2D eigenvalue weighted by atomic mass is 35.5. The number of barbiturate groups is 1. The number of methoxy groups -OCH3 is 1. The predicted molar refractivity (Wildman–Crippen MR) is 136 cm³/mol. The molecule has 4 amide bonds. The van der Waals surface area contributed by atoms with Gasteiger partial charge in [0.1, 0.15) is 12.2 Å². The lowest BCUT2D eigenvalue weighted by molar-refractivity contribution is -0.384. The summed E-state index contributed by atoms with van der Waals surface area (Å²) in [6.45, 7) is 0.0461. The first-order valence-corrected chi connectivity index (χ1v) is 11.6. The minimum Gasteiger partial charge on any atom is -0.493 e. The molecular weight excluding hydrogens is 559 g/mol. The molecule has 3 aromatic carbocycles. The molecule has 1 aliphatic rings. The Hall–Kier alpha value is -4.91. The summed E-state index contributed by atoms with van der Waals surface area (Å²) in [5.41, 5.74) is -1.41. The Bertz CT molecular complexity index is 1560. The number of carbonyl (C=O) groups excluding carboxylic acids is 3. The van der Waals surface area contributed by atoms with E-state index < -0.39 is 45.8 Å². The van der Waals surface area contributed by atoms with Crippen LogP contribution in [0.2, 0.25) is 5.02 Å². The molecule has 1 fully saturated rings. The number of anilines is 1. The highest BCUT2D eigenvalue weighted by Gasteiger charge is 2.39. The van der Waals surface area contributed by atoms with Crippen molar-refractivity contribution in [2.24, 2.45) is 0 Å². The molecule has 1 saturated heterocycles. The number of hydrogen-bond acceptors (Lipinski definition) is 7. The number of benzene rings is 3. The van der Waals surface area contributed by atoms with Crippen molar-refractivity contribution in [3.63, 3.8) is 0 Å². The highest BCUT2D eigenvalue weighted by Crippen LogP contribution is 2.37. The van der Waals surface area contributed by atoms with Crippen molar-refractivity contribution >= 4 is 46.9 Å². The van der Waals surface area contributed by atoms with Gasteiger partial charge in [-0.3, -0.25) is 25.0 Å². The third-order valence-electron chi connectivity index (χ3n) is 5.66. The first-order chi connectivity index (χ1) is 18.9. The zero-order valence-corrected chi connectivity index (χ0v) is 21.1. The van der Waals surface area contributed by atoms with Gasteiger partial charge in [-0.25, -0.2) is 9.69 Å². The normalized spacial score (nSPS) is 14.8. The Morgan fingerprint density at radius 2 is 1.73 bits per heavy atom. The highest BCUT2D eigenvalue weighted by molar-refractivity contribution is 6.42. The third-order valence-corrected chi connectivity index (χ3v) is 5.98. The van der Waals surface area contributed by atoms with Gasteiger partial charge in [-0.1, -0.05) is 17.7 Å².